The van der Waals surface area contributed by atoms with Crippen molar-refractivity contribution in [2.75, 3.05) is 127 Å². The average molecular weight is 1640 g/mol. The molecule has 0 saturated heterocycles. The molecular formula is C80H98N8O21S4. The number of aryl methyl sites for hydroxylation is 4. The van der Waals surface area contributed by atoms with Crippen molar-refractivity contribution in [3.8, 4) is 23.0 Å². The fourth-order valence-electron chi connectivity index (χ4n) is 13.6. The average Bonchev–Trinajstić information content (AvgIpc) is 0.753. The molecule has 0 radical (unpaired) electrons. The molecule has 0 amide bonds. The summed E-state index contributed by atoms with van der Waals surface area (Å²) < 4.78 is 120. The molecule has 113 heavy (non-hydrogen) atoms. The molecule has 8 aromatic carbocycles. The van der Waals surface area contributed by atoms with Gasteiger partial charge in [0.1, 0.15) is 11.5 Å². The first kappa shape index (κ1) is 89.2. The minimum absolute atomic E-state index is 0.0253. The van der Waals surface area contributed by atoms with Crippen molar-refractivity contribution in [2.24, 2.45) is 0 Å². The van der Waals surface area contributed by atoms with Gasteiger partial charge in [-0.25, -0.2) is 33.7 Å². The number of anilines is 6. The summed E-state index contributed by atoms with van der Waals surface area (Å²) in [5.74, 6) is -1.15. The molecule has 608 valence electrons. The number of nitrogens with two attached hydrogens (primary N) is 2. The number of hydrogen-bond acceptors (Lipinski definition) is 25. The minimum atomic E-state index is -4.24. The lowest BCUT2D eigenvalue weighted by molar-refractivity contribution is 0.0980. The van der Waals surface area contributed by atoms with E-state index in [-0.39, 0.29) is 188 Å². The zero-order valence-electron chi connectivity index (χ0n) is 64.8. The number of aliphatic hydroxyl groups is 7. The Bertz CT molecular complexity index is 5360. The first-order chi connectivity index (χ1) is 53.3. The summed E-state index contributed by atoms with van der Waals surface area (Å²) in [5, 5.41) is 70.9. The molecule has 0 saturated carbocycles. The van der Waals surface area contributed by atoms with Gasteiger partial charge in [0.2, 0.25) is 40.1 Å². The largest absolute Gasteiger partial charge is 0.455 e. The van der Waals surface area contributed by atoms with Crippen LogP contribution in [0.1, 0.15) is 137 Å². The molecule has 2 aliphatic rings. The van der Waals surface area contributed by atoms with E-state index < -0.39 is 83.9 Å². The standard InChI is InChI=1S/C38H43N3O6S.C37H42N4O11S2.C5H13NO4S/c1-8-17-41(18-19-42)48(45,46)37-23(3)20-22(2)34(24(37)4)40-29-21-30(47-26-15-13-25(14-16-26)38(5,6)7)33(39)32-31(29)35(43)27-11-9-10-12-28(27)36(32)44;1-22-20-23(2)37(54(50,51)41(14-18-44)15-19-45)24(3)34(22)39-29-21-30(33(38)32-31(29)35(46)27-6-4-5-7-28(27)36(32)47)52-25-8-10-26(11-9-25)53(48,49)40(12-16-42)13-17-43;1-11(9,10)6(2-4-7)3-5-8/h9-16,20-21,40,42H,8,17-19,39H2,1-7H3;4-11,20-21,39,42-45H,12-19,38H2,1-3H3;7-8H,2-5H2,1H3. The molecule has 0 aromatic heterocycles. The Morgan fingerprint density at radius 1 is 0.398 bits per heavy atom. The number of benzene rings is 8. The third-order valence-corrected chi connectivity index (χ3v) is 26.5. The Morgan fingerprint density at radius 3 is 1.01 bits per heavy atom. The zero-order valence-corrected chi connectivity index (χ0v) is 68.0. The molecule has 8 aromatic rings. The van der Waals surface area contributed by atoms with Crippen molar-refractivity contribution in [3.05, 3.63) is 205 Å². The van der Waals surface area contributed by atoms with Gasteiger partial charge in [0.15, 0.2) is 34.6 Å². The van der Waals surface area contributed by atoms with E-state index in [2.05, 4.69) is 31.4 Å². The van der Waals surface area contributed by atoms with Crippen LogP contribution in [-0.4, -0.2) is 215 Å². The van der Waals surface area contributed by atoms with Crippen molar-refractivity contribution in [2.45, 2.75) is 95.8 Å². The Hall–Kier alpha value is -9.40. The van der Waals surface area contributed by atoms with E-state index in [9.17, 15) is 78.4 Å². The maximum atomic E-state index is 14.1. The molecule has 0 heterocycles. The van der Waals surface area contributed by atoms with Gasteiger partial charge >= 0.3 is 0 Å². The topological polar surface area (TPSA) is 454 Å². The number of carbonyl (C=O) groups excluding carboxylic acids is 4. The van der Waals surface area contributed by atoms with Crippen LogP contribution in [0.3, 0.4) is 0 Å². The number of rotatable bonds is 31. The van der Waals surface area contributed by atoms with Crippen LogP contribution in [0.25, 0.3) is 0 Å². The van der Waals surface area contributed by atoms with Crippen LogP contribution in [0.4, 0.5) is 34.1 Å². The highest BCUT2D eigenvalue weighted by Crippen LogP contribution is 2.47. The lowest BCUT2D eigenvalue weighted by Crippen LogP contribution is -2.36. The summed E-state index contributed by atoms with van der Waals surface area (Å²) in [6.45, 7) is 15.1. The number of carbonyl (C=O) groups is 4. The van der Waals surface area contributed by atoms with E-state index in [1.165, 1.54) is 46.8 Å². The summed E-state index contributed by atoms with van der Waals surface area (Å²) in [6.07, 6.45) is 1.61. The fourth-order valence-corrected chi connectivity index (χ4v) is 19.7. The van der Waals surface area contributed by atoms with Crippen LogP contribution in [0.2, 0.25) is 0 Å². The maximum absolute atomic E-state index is 14.1. The van der Waals surface area contributed by atoms with Gasteiger partial charge in [0.05, 0.1) is 112 Å². The summed E-state index contributed by atoms with van der Waals surface area (Å²) in [4.78, 5) is 56.1. The van der Waals surface area contributed by atoms with E-state index in [0.717, 1.165) is 30.3 Å². The third-order valence-electron chi connectivity index (χ3n) is 18.9. The van der Waals surface area contributed by atoms with Crippen molar-refractivity contribution in [1.29, 1.82) is 0 Å². The Morgan fingerprint density at radius 2 is 0.699 bits per heavy atom. The van der Waals surface area contributed by atoms with E-state index in [4.69, 9.17) is 31.2 Å². The SMILES string of the molecule is CCCN(CCO)S(=O)(=O)c1c(C)cc(C)c(Nc2cc(Oc3ccc(C(C)(C)C)cc3)c(N)c3c2C(=O)c2ccccc2C3=O)c1C.CS(=O)(=O)N(CCO)CCO.Cc1cc(C)c(S(=O)(=O)N(CCO)CCO)c(C)c1Nc1cc(Oc2ccc(S(=O)(=O)N(CCO)CCO)cc2)c(N)c2c1C(=O)c1ccccc1C2=O. The summed E-state index contributed by atoms with van der Waals surface area (Å²) in [7, 11) is -15.6. The summed E-state index contributed by atoms with van der Waals surface area (Å²) in [5.41, 5.74) is 18.9. The fraction of sp³-hybridized carbons (Fsp3) is 0.350. The second kappa shape index (κ2) is 37.3. The molecule has 0 aliphatic heterocycles. The minimum Gasteiger partial charge on any atom is -0.455 e. The van der Waals surface area contributed by atoms with Gasteiger partial charge in [-0.1, -0.05) is 100 Å². The number of sulfonamides is 4. The number of nitrogens with zero attached hydrogens (tertiary/aromatic N) is 4. The highest BCUT2D eigenvalue weighted by molar-refractivity contribution is 7.90. The normalized spacial score (nSPS) is 12.9. The molecule has 29 nitrogen and oxygen atoms in total. The van der Waals surface area contributed by atoms with Crippen LogP contribution in [-0.2, 0) is 45.5 Å². The monoisotopic (exact) mass is 1630 g/mol. The van der Waals surface area contributed by atoms with Gasteiger partial charge in [0.25, 0.3) is 0 Å². The highest BCUT2D eigenvalue weighted by atomic mass is 32.2. The molecule has 0 atom stereocenters. The Labute approximate surface area is 659 Å². The number of nitrogens with one attached hydrogen (secondary N) is 2. The zero-order chi connectivity index (χ0) is 83.6. The second-order valence-electron chi connectivity index (χ2n) is 27.9. The van der Waals surface area contributed by atoms with Crippen LogP contribution < -0.4 is 31.6 Å². The van der Waals surface area contributed by atoms with Crippen LogP contribution in [0.15, 0.2) is 136 Å². The van der Waals surface area contributed by atoms with Crippen molar-refractivity contribution < 1.29 is 98.1 Å². The van der Waals surface area contributed by atoms with Crippen molar-refractivity contribution in [3.63, 3.8) is 0 Å². The Kier molecular flexibility index (Phi) is 29.4. The first-order valence-electron chi connectivity index (χ1n) is 36.1. The van der Waals surface area contributed by atoms with Crippen molar-refractivity contribution in [1.82, 2.24) is 17.2 Å². The Balaban J connectivity index is 0.000000251. The van der Waals surface area contributed by atoms with Gasteiger partial charge < -0.3 is 67.3 Å². The van der Waals surface area contributed by atoms with Gasteiger partial charge in [-0.15, -0.1) is 0 Å². The summed E-state index contributed by atoms with van der Waals surface area (Å²) in [6, 6.07) is 32.1. The predicted molar refractivity (Wildman–Crippen MR) is 431 cm³/mol. The number of ketones is 4. The van der Waals surface area contributed by atoms with E-state index in [1.54, 1.807) is 89.2 Å². The molecule has 0 spiro atoms. The number of aliphatic hydroxyl groups excluding tert-OH is 7. The highest BCUT2D eigenvalue weighted by Gasteiger charge is 2.39. The number of fused-ring (bicyclic) bond motifs is 4. The van der Waals surface area contributed by atoms with Crippen molar-refractivity contribution >= 4 is 97.4 Å². The predicted octanol–water partition coefficient (Wildman–Crippen LogP) is 7.88. The molecule has 33 heteroatoms. The summed E-state index contributed by atoms with van der Waals surface area (Å²) >= 11 is 0. The molecule has 0 unspecified atom stereocenters. The van der Waals surface area contributed by atoms with E-state index >= 15 is 0 Å². The maximum Gasteiger partial charge on any atom is 0.243 e. The van der Waals surface area contributed by atoms with Gasteiger partial charge in [-0.05, 0) is 129 Å². The van der Waals surface area contributed by atoms with Crippen LogP contribution >= 0.6 is 0 Å². The van der Waals surface area contributed by atoms with E-state index in [1.807, 2.05) is 38.1 Å². The smallest absolute Gasteiger partial charge is 0.243 e. The second-order valence-corrected chi connectivity index (χ2v) is 35.6. The molecule has 0 bridgehead atoms. The molecule has 2 aliphatic carbocycles. The van der Waals surface area contributed by atoms with Gasteiger partial charge in [-0.3, -0.25) is 19.2 Å². The van der Waals surface area contributed by atoms with Crippen LogP contribution in [0, 0.1) is 41.5 Å². The number of nitrogen functional groups attached to an aromatic ring is 2. The number of hydrogen-bond donors (Lipinski definition) is 11. The third kappa shape index (κ3) is 19.2. The molecule has 10 rings (SSSR count). The lowest BCUT2D eigenvalue weighted by Gasteiger charge is -2.27. The first-order valence-corrected chi connectivity index (χ1v) is 42.3. The quantitative estimate of drug-likeness (QED) is 0.0184. The molecule has 0 fully saturated rings. The lowest BCUT2D eigenvalue weighted by atomic mass is 9.82. The van der Waals surface area contributed by atoms with E-state index in [0.29, 0.717) is 45.8 Å². The van der Waals surface area contributed by atoms with Gasteiger partial charge in [-0.2, -0.15) is 17.2 Å². The van der Waals surface area contributed by atoms with Crippen LogP contribution in [0.5, 0.6) is 23.0 Å². The van der Waals surface area contributed by atoms with Gasteiger partial charge in [0, 0.05) is 98.1 Å². The molecular weight excluding hydrogens is 1540 g/mol. The number of ether oxygens (including phenoxy) is 2. The molecule has 13 N–H and O–H groups in total.